The molecule has 0 atom stereocenters. The van der Waals surface area contributed by atoms with Gasteiger partial charge in [0.05, 0.1) is 4.90 Å². The second-order valence-corrected chi connectivity index (χ2v) is 6.52. The number of carbonyl (C=O) groups is 2. The Kier molecular flexibility index (Phi) is 7.49. The Morgan fingerprint density at radius 2 is 1.78 bits per heavy atom. The maximum atomic E-state index is 11.8. The Labute approximate surface area is 135 Å². The van der Waals surface area contributed by atoms with E-state index in [1.165, 1.54) is 12.1 Å². The van der Waals surface area contributed by atoms with Crippen LogP contribution in [0.1, 0.15) is 25.3 Å². The first-order chi connectivity index (χ1) is 10.8. The molecule has 0 aliphatic carbocycles. The molecule has 0 bridgehead atoms. The van der Waals surface area contributed by atoms with Gasteiger partial charge in [-0.05, 0) is 24.1 Å². The fourth-order valence-electron chi connectivity index (χ4n) is 1.75. The van der Waals surface area contributed by atoms with Crippen molar-refractivity contribution in [3.63, 3.8) is 0 Å². The van der Waals surface area contributed by atoms with Crippen molar-refractivity contribution < 1.29 is 23.1 Å². The molecule has 1 aromatic carbocycles. The highest BCUT2D eigenvalue weighted by atomic mass is 32.2. The van der Waals surface area contributed by atoms with E-state index in [1.54, 1.807) is 19.1 Å². The molecule has 0 aliphatic heterocycles. The number of nitrogens with one attached hydrogen (secondary N) is 3. The van der Waals surface area contributed by atoms with Crippen LogP contribution in [0.25, 0.3) is 0 Å². The predicted octanol–water partition coefficient (Wildman–Crippen LogP) is 0.649. The fraction of sp³-hybridized carbons (Fsp3) is 0.429. The Hall–Kier alpha value is -2.13. The molecule has 0 fully saturated rings. The largest absolute Gasteiger partial charge is 0.481 e. The smallest absolute Gasteiger partial charge is 0.315 e. The molecule has 8 nitrogen and oxygen atoms in total. The number of hydrogen-bond acceptors (Lipinski definition) is 4. The highest BCUT2D eigenvalue weighted by Crippen LogP contribution is 2.10. The molecule has 0 unspecified atom stereocenters. The summed E-state index contributed by atoms with van der Waals surface area (Å²) in [6, 6.07) is 5.78. The molecule has 0 radical (unpaired) electrons. The predicted molar refractivity (Wildman–Crippen MR) is 84.4 cm³/mol. The first-order valence-corrected chi connectivity index (χ1v) is 8.65. The van der Waals surface area contributed by atoms with Crippen LogP contribution in [0.3, 0.4) is 0 Å². The molecule has 2 amide bonds. The van der Waals surface area contributed by atoms with Crippen LogP contribution in [0.5, 0.6) is 0 Å². The van der Waals surface area contributed by atoms with Crippen LogP contribution in [-0.2, 0) is 21.4 Å². The number of carboxylic acid groups (broad SMARTS) is 1. The molecule has 1 rings (SSSR count). The second-order valence-electron chi connectivity index (χ2n) is 4.75. The Morgan fingerprint density at radius 3 is 2.35 bits per heavy atom. The third-order valence-corrected chi connectivity index (χ3v) is 4.44. The molecule has 0 aromatic heterocycles. The molecule has 4 N–H and O–H groups in total. The number of urea groups is 1. The van der Waals surface area contributed by atoms with Gasteiger partial charge in [0.25, 0.3) is 0 Å². The lowest BCUT2D eigenvalue weighted by Gasteiger charge is -2.08. The second kappa shape index (κ2) is 9.11. The Balaban J connectivity index is 2.41. The molecule has 0 heterocycles. The van der Waals surface area contributed by atoms with Gasteiger partial charge in [-0.2, -0.15) is 0 Å². The van der Waals surface area contributed by atoms with E-state index in [9.17, 15) is 18.0 Å². The summed E-state index contributed by atoms with van der Waals surface area (Å²) in [5.74, 6) is -0.903. The van der Waals surface area contributed by atoms with Crippen molar-refractivity contribution in [1.29, 1.82) is 0 Å². The van der Waals surface area contributed by atoms with Crippen LogP contribution in [0, 0.1) is 0 Å². The third-order valence-electron chi connectivity index (χ3n) is 2.87. The van der Waals surface area contributed by atoms with E-state index in [2.05, 4.69) is 15.4 Å². The number of carbonyl (C=O) groups excluding carboxylic acids is 1. The molecule has 0 aliphatic rings. The van der Waals surface area contributed by atoms with E-state index in [4.69, 9.17) is 5.11 Å². The van der Waals surface area contributed by atoms with E-state index in [-0.39, 0.29) is 24.4 Å². The van der Waals surface area contributed by atoms with Gasteiger partial charge in [-0.15, -0.1) is 0 Å². The number of carboxylic acids is 1. The zero-order valence-electron chi connectivity index (χ0n) is 12.8. The Bertz CT molecular complexity index is 628. The van der Waals surface area contributed by atoms with Gasteiger partial charge in [-0.3, -0.25) is 4.79 Å². The van der Waals surface area contributed by atoms with Crippen LogP contribution < -0.4 is 15.4 Å². The van der Waals surface area contributed by atoms with Gasteiger partial charge in [0.15, 0.2) is 0 Å². The van der Waals surface area contributed by atoms with Gasteiger partial charge in [0.2, 0.25) is 10.0 Å². The summed E-state index contributed by atoms with van der Waals surface area (Å²) >= 11 is 0. The SMILES string of the molecule is CCNS(=O)(=O)c1ccc(CNC(=O)NCCCC(=O)O)cc1. The maximum Gasteiger partial charge on any atom is 0.315 e. The van der Waals surface area contributed by atoms with E-state index in [1.807, 2.05) is 0 Å². The molecular weight excluding hydrogens is 322 g/mol. The topological polar surface area (TPSA) is 125 Å². The summed E-state index contributed by atoms with van der Waals surface area (Å²) < 4.78 is 25.9. The van der Waals surface area contributed by atoms with E-state index in [0.29, 0.717) is 13.0 Å². The maximum absolute atomic E-state index is 11.8. The minimum Gasteiger partial charge on any atom is -0.481 e. The minimum atomic E-state index is -3.48. The quantitative estimate of drug-likeness (QED) is 0.490. The fourth-order valence-corrected chi connectivity index (χ4v) is 2.79. The van der Waals surface area contributed by atoms with Crippen molar-refractivity contribution in [2.24, 2.45) is 0 Å². The van der Waals surface area contributed by atoms with Crippen LogP contribution in [0.2, 0.25) is 0 Å². The molecule has 128 valence electrons. The van der Waals surface area contributed by atoms with Gasteiger partial charge in [-0.25, -0.2) is 17.9 Å². The molecule has 0 saturated heterocycles. The standard InChI is InChI=1S/C14H21N3O5S/c1-2-17-23(21,22)12-7-5-11(6-8-12)10-16-14(20)15-9-3-4-13(18)19/h5-8,17H,2-4,9-10H2,1H3,(H,18,19)(H2,15,16,20). The molecule has 23 heavy (non-hydrogen) atoms. The molecule has 1 aromatic rings. The highest BCUT2D eigenvalue weighted by Gasteiger charge is 2.11. The summed E-state index contributed by atoms with van der Waals surface area (Å²) in [5.41, 5.74) is 0.751. The Morgan fingerprint density at radius 1 is 1.13 bits per heavy atom. The zero-order valence-corrected chi connectivity index (χ0v) is 13.6. The summed E-state index contributed by atoms with van der Waals surface area (Å²) in [6.07, 6.45) is 0.363. The summed E-state index contributed by atoms with van der Waals surface area (Å²) in [5, 5.41) is 13.6. The van der Waals surface area contributed by atoms with Gasteiger partial charge in [0, 0.05) is 26.1 Å². The first-order valence-electron chi connectivity index (χ1n) is 7.17. The van der Waals surface area contributed by atoms with Crippen molar-refractivity contribution in [2.45, 2.75) is 31.2 Å². The molecular formula is C14H21N3O5S. The van der Waals surface area contributed by atoms with Crippen LogP contribution in [0.4, 0.5) is 4.79 Å². The van der Waals surface area contributed by atoms with Crippen molar-refractivity contribution >= 4 is 22.0 Å². The van der Waals surface area contributed by atoms with Crippen molar-refractivity contribution in [3.05, 3.63) is 29.8 Å². The summed E-state index contributed by atoms with van der Waals surface area (Å²) in [7, 11) is -3.48. The van der Waals surface area contributed by atoms with Crippen LogP contribution in [0.15, 0.2) is 29.2 Å². The number of hydrogen-bond donors (Lipinski definition) is 4. The molecule has 0 spiro atoms. The van der Waals surface area contributed by atoms with E-state index in [0.717, 1.165) is 5.56 Å². The molecule has 9 heteroatoms. The van der Waals surface area contributed by atoms with Crippen LogP contribution >= 0.6 is 0 Å². The molecule has 0 saturated carbocycles. The third kappa shape index (κ3) is 7.11. The first kappa shape index (κ1) is 18.9. The number of aliphatic carboxylic acids is 1. The normalized spacial score (nSPS) is 11.0. The highest BCUT2D eigenvalue weighted by molar-refractivity contribution is 7.89. The van der Waals surface area contributed by atoms with E-state index < -0.39 is 22.0 Å². The van der Waals surface area contributed by atoms with Crippen LogP contribution in [-0.4, -0.2) is 38.6 Å². The summed E-state index contributed by atoms with van der Waals surface area (Å²) in [4.78, 5) is 22.0. The van der Waals surface area contributed by atoms with Gasteiger partial charge in [0.1, 0.15) is 0 Å². The number of amides is 2. The average Bonchev–Trinajstić information content (AvgIpc) is 2.50. The van der Waals surface area contributed by atoms with Crippen molar-refractivity contribution in [2.75, 3.05) is 13.1 Å². The number of benzene rings is 1. The average molecular weight is 343 g/mol. The summed E-state index contributed by atoms with van der Waals surface area (Å²) in [6.45, 7) is 2.53. The lowest BCUT2D eigenvalue weighted by molar-refractivity contribution is -0.137. The lowest BCUT2D eigenvalue weighted by Crippen LogP contribution is -2.35. The number of sulfonamides is 1. The van der Waals surface area contributed by atoms with Gasteiger partial charge >= 0.3 is 12.0 Å². The van der Waals surface area contributed by atoms with E-state index >= 15 is 0 Å². The monoisotopic (exact) mass is 343 g/mol. The lowest BCUT2D eigenvalue weighted by atomic mass is 10.2. The number of rotatable bonds is 9. The van der Waals surface area contributed by atoms with Crippen molar-refractivity contribution in [1.82, 2.24) is 15.4 Å². The van der Waals surface area contributed by atoms with Gasteiger partial charge < -0.3 is 15.7 Å². The van der Waals surface area contributed by atoms with Gasteiger partial charge in [-0.1, -0.05) is 19.1 Å². The zero-order chi connectivity index (χ0) is 17.3. The van der Waals surface area contributed by atoms with Crippen molar-refractivity contribution in [3.8, 4) is 0 Å². The minimum absolute atomic E-state index is 0.00200.